The summed E-state index contributed by atoms with van der Waals surface area (Å²) in [5.41, 5.74) is -1.08. The Morgan fingerprint density at radius 2 is 1.71 bits per heavy atom. The molecule has 3 fully saturated rings. The number of nitrogens with zero attached hydrogens (tertiary/aromatic N) is 3. The number of nitriles is 1. The van der Waals surface area contributed by atoms with E-state index in [-0.39, 0.29) is 57.0 Å². The number of imidazole rings is 1. The Morgan fingerprint density at radius 1 is 1.02 bits per heavy atom. The fraction of sp³-hybridized carbons (Fsp3) is 0.686. The molecule has 0 bridgehead atoms. The predicted octanol–water partition coefficient (Wildman–Crippen LogP) is 7.05. The molecule has 1 aromatic heterocycles. The van der Waals surface area contributed by atoms with Crippen LogP contribution >= 0.6 is 0 Å². The number of rotatable bonds is 1. The van der Waals surface area contributed by atoms with E-state index in [0.29, 0.717) is 5.82 Å². The Hall–Kier alpha value is -2.81. The van der Waals surface area contributed by atoms with Gasteiger partial charge < -0.3 is 0 Å². The molecule has 5 aliphatic carbocycles. The molecule has 218 valence electrons. The highest BCUT2D eigenvalue weighted by atomic mass is 16.2. The van der Waals surface area contributed by atoms with Crippen LogP contribution in [0.5, 0.6) is 0 Å². The molecule has 1 aromatic rings. The number of carbonyl (C=O) groups excluding carboxylic acids is 3. The number of Topliss-reactive ketones (excluding diaryl/α,β-unsaturated/α-hetero) is 1. The van der Waals surface area contributed by atoms with Gasteiger partial charge in [0, 0.05) is 29.1 Å². The Morgan fingerprint density at radius 3 is 2.34 bits per heavy atom. The summed E-state index contributed by atoms with van der Waals surface area (Å²) in [5, 5.41) is 9.94. The first-order chi connectivity index (χ1) is 19.0. The second-order valence-corrected chi connectivity index (χ2v) is 16.1. The fourth-order valence-electron chi connectivity index (χ4n) is 10.8. The van der Waals surface area contributed by atoms with E-state index in [9.17, 15) is 19.6 Å². The lowest BCUT2D eigenvalue weighted by Crippen LogP contribution is -2.66. The minimum absolute atomic E-state index is 0.0222. The van der Waals surface area contributed by atoms with E-state index in [1.54, 1.807) is 17.0 Å². The first-order valence-corrected chi connectivity index (χ1v) is 15.5. The van der Waals surface area contributed by atoms with Crippen molar-refractivity contribution < 1.29 is 14.4 Å². The number of hydrogen-bond acceptors (Lipinski definition) is 5. The second-order valence-electron chi connectivity index (χ2n) is 16.1. The molecule has 0 aromatic carbocycles. The molecule has 0 spiro atoms. The molecule has 3 saturated carbocycles. The third kappa shape index (κ3) is 3.41. The maximum absolute atomic E-state index is 14.6. The molecule has 0 amide bonds. The first kappa shape index (κ1) is 28.3. The number of fused-ring (bicyclic) bond motifs is 7. The van der Waals surface area contributed by atoms with Gasteiger partial charge in [0.25, 0.3) is 0 Å². The summed E-state index contributed by atoms with van der Waals surface area (Å²) >= 11 is 0. The maximum atomic E-state index is 14.6. The van der Waals surface area contributed by atoms with Crippen LogP contribution in [0.4, 0.5) is 0 Å². The van der Waals surface area contributed by atoms with Crippen LogP contribution in [0.15, 0.2) is 35.7 Å². The normalized spacial score (nSPS) is 42.5. The van der Waals surface area contributed by atoms with Gasteiger partial charge in [-0.25, -0.2) is 4.98 Å². The van der Waals surface area contributed by atoms with Gasteiger partial charge in [-0.1, -0.05) is 60.1 Å². The molecule has 6 nitrogen and oxygen atoms in total. The van der Waals surface area contributed by atoms with Crippen molar-refractivity contribution in [2.24, 2.45) is 50.2 Å². The molecule has 0 radical (unpaired) electrons. The van der Waals surface area contributed by atoms with Crippen LogP contribution in [-0.2, 0) is 9.59 Å². The minimum Gasteiger partial charge on any atom is -0.295 e. The zero-order valence-corrected chi connectivity index (χ0v) is 26.1. The standard InChI is InChI=1S/C35H45N3O3/c1-21-37-15-16-38(21)29(41)35-13-11-30(2,3)19-23(35)27-24(39)17-26-32(6)18-22(20-36)28(40)31(4,5)25(32)9-10-33(26,7)34(27,8)12-14-35/h15-18,23,25,27H,9-14,19H2,1-8H3/t23?,25-,27?,32-,33+,34+,35-/m0/s1. The van der Waals surface area contributed by atoms with Crippen LogP contribution < -0.4 is 0 Å². The van der Waals surface area contributed by atoms with Gasteiger partial charge in [-0.15, -0.1) is 0 Å². The number of carbonyl (C=O) groups is 3. The van der Waals surface area contributed by atoms with E-state index >= 15 is 0 Å². The van der Waals surface area contributed by atoms with E-state index in [4.69, 9.17) is 0 Å². The average Bonchev–Trinajstić information content (AvgIpc) is 3.32. The predicted molar refractivity (Wildman–Crippen MR) is 156 cm³/mol. The highest BCUT2D eigenvalue weighted by Gasteiger charge is 2.71. The third-order valence-electron chi connectivity index (χ3n) is 13.3. The lowest BCUT2D eigenvalue weighted by Gasteiger charge is -2.69. The maximum Gasteiger partial charge on any atom is 0.238 e. The summed E-state index contributed by atoms with van der Waals surface area (Å²) in [6.45, 7) is 17.2. The molecule has 7 atom stereocenters. The molecule has 41 heavy (non-hydrogen) atoms. The highest BCUT2D eigenvalue weighted by molar-refractivity contribution is 6.04. The molecule has 1 heterocycles. The topological polar surface area (TPSA) is 92.8 Å². The Kier molecular flexibility index (Phi) is 5.80. The molecule has 6 rings (SSSR count). The van der Waals surface area contributed by atoms with Gasteiger partial charge in [0.05, 0.1) is 11.0 Å². The van der Waals surface area contributed by atoms with Crippen molar-refractivity contribution in [1.82, 2.24) is 9.55 Å². The smallest absolute Gasteiger partial charge is 0.238 e. The summed E-state index contributed by atoms with van der Waals surface area (Å²) in [7, 11) is 0. The summed E-state index contributed by atoms with van der Waals surface area (Å²) in [6.07, 6.45) is 13.2. The highest BCUT2D eigenvalue weighted by Crippen LogP contribution is 2.74. The van der Waals surface area contributed by atoms with Crippen molar-refractivity contribution >= 4 is 17.5 Å². The molecular weight excluding hydrogens is 510 g/mol. The van der Waals surface area contributed by atoms with Gasteiger partial charge >= 0.3 is 0 Å². The van der Waals surface area contributed by atoms with Gasteiger partial charge in [0.2, 0.25) is 5.91 Å². The first-order valence-electron chi connectivity index (χ1n) is 15.5. The van der Waals surface area contributed by atoms with E-state index < -0.39 is 16.2 Å². The largest absolute Gasteiger partial charge is 0.295 e. The minimum atomic E-state index is -0.679. The summed E-state index contributed by atoms with van der Waals surface area (Å²) in [5.74, 6) is 0.563. The Balaban J connectivity index is 1.53. The lowest BCUT2D eigenvalue weighted by molar-refractivity contribution is -0.164. The SMILES string of the molecule is Cc1nccn1C(=O)[C@]12CCC(C)(C)CC1C1C(=O)C=C3[C@@]4(C)C=C(C#N)C(=O)C(C)(C)[C@@H]4CC[C@@]3(C)[C@]1(C)CC2. The van der Waals surface area contributed by atoms with Crippen LogP contribution in [0.1, 0.15) is 104 Å². The van der Waals surface area contributed by atoms with Crippen LogP contribution in [0.2, 0.25) is 0 Å². The monoisotopic (exact) mass is 555 g/mol. The van der Waals surface area contributed by atoms with Gasteiger partial charge in [-0.3, -0.25) is 19.0 Å². The molecule has 5 aliphatic rings. The number of aromatic nitrogens is 2. The zero-order chi connectivity index (χ0) is 30.0. The number of aryl methyl sites for hydroxylation is 1. The molecule has 6 heteroatoms. The van der Waals surface area contributed by atoms with Gasteiger partial charge in [-0.05, 0) is 86.0 Å². The molecule has 0 aliphatic heterocycles. The summed E-state index contributed by atoms with van der Waals surface area (Å²) < 4.78 is 1.73. The Bertz CT molecular complexity index is 1490. The molecular formula is C35H45N3O3. The quantitative estimate of drug-likeness (QED) is 0.370. The summed E-state index contributed by atoms with van der Waals surface area (Å²) in [6, 6.07) is 2.19. The molecule has 2 unspecified atom stereocenters. The van der Waals surface area contributed by atoms with Crippen molar-refractivity contribution in [2.75, 3.05) is 0 Å². The lowest BCUT2D eigenvalue weighted by atomic mass is 9.34. The van der Waals surface area contributed by atoms with E-state index in [0.717, 1.165) is 50.5 Å². The fourth-order valence-corrected chi connectivity index (χ4v) is 10.8. The second kappa shape index (κ2) is 8.39. The van der Waals surface area contributed by atoms with Gasteiger partial charge in [0.15, 0.2) is 11.6 Å². The molecule has 0 saturated heterocycles. The van der Waals surface area contributed by atoms with Crippen molar-refractivity contribution in [3.8, 4) is 6.07 Å². The van der Waals surface area contributed by atoms with Gasteiger partial charge in [-0.2, -0.15) is 5.26 Å². The van der Waals surface area contributed by atoms with Gasteiger partial charge in [0.1, 0.15) is 11.9 Å². The van der Waals surface area contributed by atoms with Crippen LogP contribution in [0.25, 0.3) is 0 Å². The van der Waals surface area contributed by atoms with E-state index in [2.05, 4.69) is 45.7 Å². The third-order valence-corrected chi connectivity index (χ3v) is 13.3. The van der Waals surface area contributed by atoms with Crippen LogP contribution in [0, 0.1) is 68.5 Å². The number of ketones is 2. The molecule has 0 N–H and O–H groups in total. The van der Waals surface area contributed by atoms with Crippen LogP contribution in [0.3, 0.4) is 0 Å². The van der Waals surface area contributed by atoms with Crippen molar-refractivity contribution in [1.29, 1.82) is 5.26 Å². The van der Waals surface area contributed by atoms with E-state index in [1.165, 1.54) is 0 Å². The van der Waals surface area contributed by atoms with Crippen molar-refractivity contribution in [3.05, 3.63) is 41.5 Å². The average molecular weight is 556 g/mol. The summed E-state index contributed by atoms with van der Waals surface area (Å²) in [4.78, 5) is 46.7. The van der Waals surface area contributed by atoms with E-state index in [1.807, 2.05) is 32.9 Å². The number of allylic oxidation sites excluding steroid dienone is 4. The van der Waals surface area contributed by atoms with Crippen molar-refractivity contribution in [2.45, 2.75) is 100 Å². The van der Waals surface area contributed by atoms with Crippen LogP contribution in [-0.4, -0.2) is 27.0 Å². The zero-order valence-electron chi connectivity index (χ0n) is 26.1. The van der Waals surface area contributed by atoms with Crippen molar-refractivity contribution in [3.63, 3.8) is 0 Å². The Labute approximate surface area is 244 Å². The number of hydrogen-bond donors (Lipinski definition) is 0.